The van der Waals surface area contributed by atoms with Crippen molar-refractivity contribution in [1.29, 1.82) is 0 Å². The summed E-state index contributed by atoms with van der Waals surface area (Å²) < 4.78 is 225. The first-order chi connectivity index (χ1) is 15.2. The maximum absolute atomic E-state index is 14.3. The van der Waals surface area contributed by atoms with Crippen LogP contribution in [0.5, 0.6) is 0 Å². The monoisotopic (exact) mass is 577 g/mol. The average molecular weight is 577 g/mol. The number of hydrogen-bond donors (Lipinski definition) is 1. The Morgan fingerprint density at radius 2 is 1.20 bits per heavy atom. The number of alkyl halides is 17. The van der Waals surface area contributed by atoms with E-state index in [9.17, 15) is 74.6 Å². The number of ether oxygens (including phenoxy) is 2. The Morgan fingerprint density at radius 3 is 1.54 bits per heavy atom. The molecule has 0 aliphatic heterocycles. The lowest BCUT2D eigenvalue weighted by Gasteiger charge is -2.40. The summed E-state index contributed by atoms with van der Waals surface area (Å²) in [5.74, 6) is -25.3. The first-order valence-corrected chi connectivity index (χ1v) is 8.40. The molecule has 1 heterocycles. The van der Waals surface area contributed by atoms with Gasteiger partial charge >= 0.3 is 48.4 Å². The fraction of sp³-hybridized carbons (Fsp3) is 0.667. The molecule has 0 radical (unpaired) electrons. The third kappa shape index (κ3) is 5.49. The molecular weight excluding hydrogens is 573 g/mol. The van der Waals surface area contributed by atoms with Gasteiger partial charge in [-0.3, -0.25) is 9.47 Å². The van der Waals surface area contributed by atoms with Gasteiger partial charge in [-0.2, -0.15) is 79.6 Å². The molecule has 0 spiro atoms. The van der Waals surface area contributed by atoms with Crippen LogP contribution in [-0.4, -0.2) is 59.2 Å². The van der Waals surface area contributed by atoms with E-state index in [0.717, 1.165) is 11.6 Å². The van der Waals surface area contributed by atoms with Crippen molar-refractivity contribution in [2.24, 2.45) is 10.7 Å². The van der Waals surface area contributed by atoms with Crippen LogP contribution in [0.15, 0.2) is 16.6 Å². The number of nitrogens with two attached hydrogens (primary N) is 1. The summed E-state index contributed by atoms with van der Waals surface area (Å²) in [6.45, 7) is 0. The Balaban J connectivity index is 3.68. The number of aromatic nitrogens is 1. The molecule has 1 aromatic heterocycles. The van der Waals surface area contributed by atoms with Gasteiger partial charge in [0.2, 0.25) is 5.13 Å². The number of thiazole rings is 1. The van der Waals surface area contributed by atoms with Gasteiger partial charge in [-0.1, -0.05) is 0 Å². The smallest absolute Gasteiger partial charge is 0.382 e. The molecule has 1 rings (SSSR count). The van der Waals surface area contributed by atoms with E-state index in [0.29, 0.717) is 0 Å². The van der Waals surface area contributed by atoms with E-state index in [1.54, 1.807) is 0 Å². The maximum Gasteiger partial charge on any atom is 0.462 e. The fourth-order valence-electron chi connectivity index (χ4n) is 1.63. The van der Waals surface area contributed by atoms with Gasteiger partial charge in [-0.05, 0) is 0 Å². The number of aliphatic imine (C=N–C) groups is 1. The van der Waals surface area contributed by atoms with Crippen molar-refractivity contribution in [3.63, 3.8) is 0 Å². The molecule has 0 bridgehead atoms. The molecule has 204 valence electrons. The van der Waals surface area contributed by atoms with Crippen molar-refractivity contribution in [1.82, 2.24) is 4.98 Å². The molecule has 1 aromatic rings. The highest BCUT2D eigenvalue weighted by atomic mass is 32.1. The molecule has 0 aromatic carbocycles. The van der Waals surface area contributed by atoms with Gasteiger partial charge in [0, 0.05) is 11.6 Å². The normalized spacial score (nSPS) is 18.8. The van der Waals surface area contributed by atoms with E-state index in [1.165, 1.54) is 4.74 Å². The zero-order valence-electron chi connectivity index (χ0n) is 15.3. The summed E-state index contributed by atoms with van der Waals surface area (Å²) in [6, 6.07) is 0. The number of hydrogen-bond acceptors (Lipinski definition) is 5. The van der Waals surface area contributed by atoms with Crippen LogP contribution in [0, 0.1) is 0 Å². The van der Waals surface area contributed by atoms with Gasteiger partial charge in [0.05, 0.1) is 0 Å². The van der Waals surface area contributed by atoms with Crippen LogP contribution in [0.3, 0.4) is 0 Å². The number of rotatable bonds is 8. The summed E-state index contributed by atoms with van der Waals surface area (Å²) >= 11 is 0.195. The predicted molar refractivity (Wildman–Crippen MR) is 76.3 cm³/mol. The quantitative estimate of drug-likeness (QED) is 0.234. The summed E-state index contributed by atoms with van der Waals surface area (Å²) in [6.07, 6.45) is -37.5. The van der Waals surface area contributed by atoms with E-state index < -0.39 is 59.3 Å². The van der Waals surface area contributed by atoms with Crippen molar-refractivity contribution in [2.45, 2.75) is 48.4 Å². The summed E-state index contributed by atoms with van der Waals surface area (Å²) in [5.41, 5.74) is 4.44. The van der Waals surface area contributed by atoms with Crippen LogP contribution < -0.4 is 5.73 Å². The Hall–Kier alpha value is -2.17. The van der Waals surface area contributed by atoms with Crippen LogP contribution >= 0.6 is 11.3 Å². The molecule has 0 fully saturated rings. The Bertz CT molecular complexity index is 909. The predicted octanol–water partition coefficient (Wildman–Crippen LogP) is 6.00. The molecule has 5 nitrogen and oxygen atoms in total. The highest BCUT2D eigenvalue weighted by Crippen LogP contribution is 2.56. The largest absolute Gasteiger partial charge is 0.462 e. The zero-order valence-corrected chi connectivity index (χ0v) is 16.1. The van der Waals surface area contributed by atoms with Crippen LogP contribution in [0.25, 0.3) is 0 Å². The molecule has 0 unspecified atom stereocenters. The maximum atomic E-state index is 14.3. The second kappa shape index (κ2) is 8.74. The molecule has 23 heteroatoms. The van der Waals surface area contributed by atoms with Crippen molar-refractivity contribution >= 4 is 22.3 Å². The molecule has 0 saturated carbocycles. The van der Waals surface area contributed by atoms with Crippen LogP contribution in [0.4, 0.5) is 79.8 Å². The number of nitrogens with zero attached hydrogens (tertiary/aromatic N) is 2. The summed E-state index contributed by atoms with van der Waals surface area (Å²) in [5, 5.41) is -0.127. The third-order valence-electron chi connectivity index (χ3n) is 3.33. The van der Waals surface area contributed by atoms with Crippen molar-refractivity contribution < 1.29 is 84.1 Å². The third-order valence-corrected chi connectivity index (χ3v) is 3.99. The summed E-state index contributed by atoms with van der Waals surface area (Å²) in [7, 11) is 0. The van der Waals surface area contributed by atoms with E-state index >= 15 is 0 Å². The highest BCUT2D eigenvalue weighted by molar-refractivity contribution is 7.13. The lowest BCUT2D eigenvalue weighted by atomic mass is 10.2. The van der Waals surface area contributed by atoms with Gasteiger partial charge in [0.25, 0.3) is 0 Å². The zero-order chi connectivity index (χ0) is 28.1. The van der Waals surface area contributed by atoms with E-state index in [-0.39, 0.29) is 11.3 Å². The SMILES string of the molecule is NC(=Nc1nccs1)[C@@](F)(OC(F)(F)[C@@](F)(OC(F)(F)C(F)(F)C(F)(F)F)C(F)(F)F)C(F)(F)F. The average Bonchev–Trinajstić information content (AvgIpc) is 3.10. The number of halogens is 17. The van der Waals surface area contributed by atoms with Crippen LogP contribution in [0.1, 0.15) is 0 Å². The topological polar surface area (TPSA) is 69.7 Å². The Kier molecular flexibility index (Phi) is 7.71. The van der Waals surface area contributed by atoms with Crippen LogP contribution in [0.2, 0.25) is 0 Å². The highest BCUT2D eigenvalue weighted by Gasteiger charge is 2.85. The van der Waals surface area contributed by atoms with Gasteiger partial charge in [-0.25, -0.2) is 4.98 Å². The Labute approximate surface area is 183 Å². The first-order valence-electron chi connectivity index (χ1n) is 7.52. The van der Waals surface area contributed by atoms with Gasteiger partial charge in [0.15, 0.2) is 5.84 Å². The summed E-state index contributed by atoms with van der Waals surface area (Å²) in [4.78, 5) is 5.46. The standard InChI is InChI=1S/C12H4F17N3O2S/c13-5(8(17,18)19,3(30)32-4-31-1-2-35-4)33-12(28,29)7(16,10(23,24)25)34-11(26,27)6(14,15)9(20,21)22/h1-2H,(H2,30,31,32)/t5-,7+/m1/s1. The minimum absolute atomic E-state index is 0.195. The molecule has 2 N–H and O–H groups in total. The lowest BCUT2D eigenvalue weighted by molar-refractivity contribution is -0.547. The second-order valence-corrected chi connectivity index (χ2v) is 6.68. The Morgan fingerprint density at radius 1 is 0.714 bits per heavy atom. The van der Waals surface area contributed by atoms with E-state index in [1.807, 2.05) is 0 Å². The molecular formula is C12H4F17N3O2S. The first kappa shape index (κ1) is 30.9. The molecule has 35 heavy (non-hydrogen) atoms. The molecule has 0 saturated heterocycles. The molecule has 0 aliphatic carbocycles. The minimum Gasteiger partial charge on any atom is -0.382 e. The van der Waals surface area contributed by atoms with Gasteiger partial charge in [-0.15, -0.1) is 11.3 Å². The fourth-order valence-corrected chi connectivity index (χ4v) is 2.15. The molecule has 0 amide bonds. The molecule has 2 atom stereocenters. The van der Waals surface area contributed by atoms with Crippen LogP contribution in [-0.2, 0) is 9.47 Å². The number of amidine groups is 1. The molecule has 0 aliphatic rings. The van der Waals surface area contributed by atoms with E-state index in [2.05, 4.69) is 20.4 Å². The van der Waals surface area contributed by atoms with Gasteiger partial charge < -0.3 is 5.73 Å². The van der Waals surface area contributed by atoms with Crippen molar-refractivity contribution in [3.05, 3.63) is 11.6 Å². The lowest BCUT2D eigenvalue weighted by Crippen LogP contribution is -2.68. The second-order valence-electron chi connectivity index (χ2n) is 5.81. The van der Waals surface area contributed by atoms with Gasteiger partial charge in [0.1, 0.15) is 0 Å². The van der Waals surface area contributed by atoms with E-state index in [4.69, 9.17) is 0 Å². The van der Waals surface area contributed by atoms with Crippen molar-refractivity contribution in [2.75, 3.05) is 0 Å². The van der Waals surface area contributed by atoms with Crippen molar-refractivity contribution in [3.8, 4) is 0 Å². The minimum atomic E-state index is -7.98.